The van der Waals surface area contributed by atoms with Gasteiger partial charge in [0.1, 0.15) is 0 Å². The Labute approximate surface area is 98.7 Å². The quantitative estimate of drug-likeness (QED) is 0.706. The molecule has 0 spiro atoms. The average molecular weight is 227 g/mol. The lowest BCUT2D eigenvalue weighted by Crippen LogP contribution is -2.57. The van der Waals surface area contributed by atoms with Gasteiger partial charge >= 0.3 is 0 Å². The smallest absolute Gasteiger partial charge is 0.0635 e. The van der Waals surface area contributed by atoms with Crippen LogP contribution in [-0.2, 0) is 4.74 Å². The molecular formula is C12H25N3O. The number of hydrogen-bond donors (Lipinski definition) is 2. The van der Waals surface area contributed by atoms with Crippen molar-refractivity contribution in [1.82, 2.24) is 15.5 Å². The fourth-order valence-corrected chi connectivity index (χ4v) is 2.97. The van der Waals surface area contributed by atoms with Gasteiger partial charge in [0.15, 0.2) is 0 Å². The van der Waals surface area contributed by atoms with Crippen molar-refractivity contribution in [2.45, 2.75) is 24.9 Å². The first kappa shape index (κ1) is 12.3. The van der Waals surface area contributed by atoms with Crippen LogP contribution in [0.15, 0.2) is 0 Å². The molecule has 0 aromatic heterocycles. The number of ether oxygens (including phenoxy) is 1. The summed E-state index contributed by atoms with van der Waals surface area (Å²) in [6.07, 6.45) is 2.61. The van der Waals surface area contributed by atoms with E-state index in [2.05, 4.69) is 29.6 Å². The second kappa shape index (κ2) is 5.96. The third-order valence-corrected chi connectivity index (χ3v) is 3.99. The number of nitrogens with zero attached hydrogens (tertiary/aromatic N) is 1. The van der Waals surface area contributed by atoms with Gasteiger partial charge in [-0.05, 0) is 45.9 Å². The van der Waals surface area contributed by atoms with E-state index in [-0.39, 0.29) is 0 Å². The Morgan fingerprint density at radius 1 is 1.38 bits per heavy atom. The SMILES string of the molecule is CNC(C1CCN(C)CC1)C1COCCN1. The Morgan fingerprint density at radius 3 is 2.69 bits per heavy atom. The molecule has 4 heteroatoms. The minimum atomic E-state index is 0.493. The van der Waals surface area contributed by atoms with Crippen molar-refractivity contribution < 1.29 is 4.74 Å². The highest BCUT2D eigenvalue weighted by Crippen LogP contribution is 2.22. The Bertz CT molecular complexity index is 198. The molecule has 0 aromatic rings. The first-order chi connectivity index (χ1) is 7.81. The van der Waals surface area contributed by atoms with Crippen molar-refractivity contribution in [3.63, 3.8) is 0 Å². The van der Waals surface area contributed by atoms with E-state index in [0.29, 0.717) is 12.1 Å². The predicted molar refractivity (Wildman–Crippen MR) is 65.7 cm³/mol. The number of likely N-dealkylation sites (tertiary alicyclic amines) is 1. The summed E-state index contributed by atoms with van der Waals surface area (Å²) in [6.45, 7) is 5.18. The van der Waals surface area contributed by atoms with Crippen molar-refractivity contribution in [3.05, 3.63) is 0 Å². The fourth-order valence-electron chi connectivity index (χ4n) is 2.97. The Balaban J connectivity index is 1.88. The highest BCUT2D eigenvalue weighted by molar-refractivity contribution is 4.90. The van der Waals surface area contributed by atoms with Gasteiger partial charge in [-0.15, -0.1) is 0 Å². The van der Waals surface area contributed by atoms with Crippen molar-refractivity contribution in [2.75, 3.05) is 46.9 Å². The van der Waals surface area contributed by atoms with Crippen LogP contribution < -0.4 is 10.6 Å². The van der Waals surface area contributed by atoms with Gasteiger partial charge in [-0.2, -0.15) is 0 Å². The second-order valence-corrected chi connectivity index (χ2v) is 5.09. The summed E-state index contributed by atoms with van der Waals surface area (Å²) >= 11 is 0. The molecule has 2 heterocycles. The van der Waals surface area contributed by atoms with Crippen molar-refractivity contribution >= 4 is 0 Å². The third-order valence-electron chi connectivity index (χ3n) is 3.99. The molecule has 0 bridgehead atoms. The van der Waals surface area contributed by atoms with Crippen LogP contribution in [0.3, 0.4) is 0 Å². The first-order valence-electron chi connectivity index (χ1n) is 6.48. The van der Waals surface area contributed by atoms with Crippen molar-refractivity contribution in [1.29, 1.82) is 0 Å². The molecule has 0 radical (unpaired) electrons. The second-order valence-electron chi connectivity index (χ2n) is 5.09. The zero-order valence-corrected chi connectivity index (χ0v) is 10.5. The maximum absolute atomic E-state index is 5.56. The normalized spacial score (nSPS) is 31.5. The fraction of sp³-hybridized carbons (Fsp3) is 1.00. The van der Waals surface area contributed by atoms with Crippen LogP contribution in [0.1, 0.15) is 12.8 Å². The van der Waals surface area contributed by atoms with Gasteiger partial charge in [0.05, 0.1) is 13.2 Å². The van der Waals surface area contributed by atoms with Gasteiger partial charge < -0.3 is 20.3 Å². The predicted octanol–water partition coefficient (Wildman–Crippen LogP) is -0.0954. The molecule has 2 saturated heterocycles. The summed E-state index contributed by atoms with van der Waals surface area (Å²) in [5, 5.41) is 7.07. The van der Waals surface area contributed by atoms with Crippen molar-refractivity contribution in [3.8, 4) is 0 Å². The highest BCUT2D eigenvalue weighted by atomic mass is 16.5. The van der Waals surface area contributed by atoms with Crippen LogP contribution in [0.4, 0.5) is 0 Å². The van der Waals surface area contributed by atoms with Crippen LogP contribution >= 0.6 is 0 Å². The van der Waals surface area contributed by atoms with Crippen LogP contribution in [0.25, 0.3) is 0 Å². The van der Waals surface area contributed by atoms with Gasteiger partial charge in [0.25, 0.3) is 0 Å². The number of rotatable bonds is 3. The molecular weight excluding hydrogens is 202 g/mol. The Kier molecular flexibility index (Phi) is 4.58. The van der Waals surface area contributed by atoms with Gasteiger partial charge in [-0.3, -0.25) is 0 Å². The average Bonchev–Trinajstić information content (AvgIpc) is 2.34. The molecule has 0 saturated carbocycles. The van der Waals surface area contributed by atoms with E-state index < -0.39 is 0 Å². The van der Waals surface area contributed by atoms with Crippen LogP contribution in [0.2, 0.25) is 0 Å². The van der Waals surface area contributed by atoms with E-state index in [0.717, 1.165) is 25.7 Å². The molecule has 2 unspecified atom stereocenters. The minimum Gasteiger partial charge on any atom is -0.378 e. The zero-order valence-electron chi connectivity index (χ0n) is 10.5. The molecule has 94 valence electrons. The van der Waals surface area contributed by atoms with Gasteiger partial charge in [0, 0.05) is 18.6 Å². The van der Waals surface area contributed by atoms with Gasteiger partial charge in [-0.25, -0.2) is 0 Å². The third kappa shape index (κ3) is 2.94. The molecule has 2 rings (SSSR count). The van der Waals surface area contributed by atoms with E-state index in [4.69, 9.17) is 4.74 Å². The Morgan fingerprint density at radius 2 is 2.12 bits per heavy atom. The maximum Gasteiger partial charge on any atom is 0.0635 e. The molecule has 2 N–H and O–H groups in total. The molecule has 0 amide bonds. The summed E-state index contributed by atoms with van der Waals surface area (Å²) in [5.74, 6) is 0.792. The summed E-state index contributed by atoms with van der Waals surface area (Å²) in [5.41, 5.74) is 0. The van der Waals surface area contributed by atoms with Gasteiger partial charge in [0.2, 0.25) is 0 Å². The molecule has 2 atom stereocenters. The number of nitrogens with one attached hydrogen (secondary N) is 2. The zero-order chi connectivity index (χ0) is 11.4. The highest BCUT2D eigenvalue weighted by Gasteiger charge is 2.31. The molecule has 2 fully saturated rings. The number of piperidine rings is 1. The van der Waals surface area contributed by atoms with Crippen LogP contribution in [0, 0.1) is 5.92 Å². The van der Waals surface area contributed by atoms with E-state index in [1.165, 1.54) is 25.9 Å². The van der Waals surface area contributed by atoms with E-state index in [1.54, 1.807) is 0 Å². The minimum absolute atomic E-state index is 0.493. The van der Waals surface area contributed by atoms with Crippen molar-refractivity contribution in [2.24, 2.45) is 5.92 Å². The van der Waals surface area contributed by atoms with E-state index in [1.807, 2.05) is 0 Å². The number of hydrogen-bond acceptors (Lipinski definition) is 4. The molecule has 4 nitrogen and oxygen atoms in total. The van der Waals surface area contributed by atoms with Crippen LogP contribution in [0.5, 0.6) is 0 Å². The topological polar surface area (TPSA) is 36.5 Å². The first-order valence-corrected chi connectivity index (χ1v) is 6.48. The Hall–Kier alpha value is -0.160. The van der Waals surface area contributed by atoms with E-state index >= 15 is 0 Å². The standard InChI is InChI=1S/C12H25N3O/c1-13-12(11-9-16-8-5-14-11)10-3-6-15(2)7-4-10/h10-14H,3-9H2,1-2H3. The largest absolute Gasteiger partial charge is 0.378 e. The molecule has 0 aliphatic carbocycles. The lowest BCUT2D eigenvalue weighted by molar-refractivity contribution is 0.0477. The summed E-state index contributed by atoms with van der Waals surface area (Å²) in [6, 6.07) is 1.06. The van der Waals surface area contributed by atoms with Gasteiger partial charge in [-0.1, -0.05) is 0 Å². The van der Waals surface area contributed by atoms with Crippen LogP contribution in [-0.4, -0.2) is 63.9 Å². The number of morpholine rings is 1. The molecule has 2 aliphatic heterocycles. The lowest BCUT2D eigenvalue weighted by atomic mass is 9.85. The maximum atomic E-state index is 5.56. The summed E-state index contributed by atoms with van der Waals surface area (Å²) in [7, 11) is 4.30. The lowest BCUT2D eigenvalue weighted by Gasteiger charge is -2.39. The summed E-state index contributed by atoms with van der Waals surface area (Å²) < 4.78 is 5.56. The number of likely N-dealkylation sites (N-methyl/N-ethyl adjacent to an activating group) is 1. The monoisotopic (exact) mass is 227 g/mol. The molecule has 0 aromatic carbocycles. The molecule has 2 aliphatic rings. The molecule has 16 heavy (non-hydrogen) atoms. The summed E-state index contributed by atoms with van der Waals surface area (Å²) in [4.78, 5) is 2.42. The van der Waals surface area contributed by atoms with E-state index in [9.17, 15) is 0 Å².